The van der Waals surface area contributed by atoms with Crippen LogP contribution in [0.5, 0.6) is 5.75 Å². The number of ether oxygens (including phenoxy) is 1. The molecule has 4 atom stereocenters. The topological polar surface area (TPSA) is 72.4 Å². The molecule has 0 amide bonds. The molecule has 0 N–H and O–H groups in total. The van der Waals surface area contributed by atoms with Crippen molar-refractivity contribution in [1.82, 2.24) is 9.97 Å². The van der Waals surface area contributed by atoms with Gasteiger partial charge in [-0.15, -0.1) is 0 Å². The summed E-state index contributed by atoms with van der Waals surface area (Å²) in [7, 11) is -3.35. The maximum absolute atomic E-state index is 14.8. The molecule has 178 valence electrons. The minimum absolute atomic E-state index is 0.141. The maximum Gasteiger partial charge on any atom is 0.225 e. The van der Waals surface area contributed by atoms with Crippen LogP contribution in [0.1, 0.15) is 6.92 Å². The summed E-state index contributed by atoms with van der Waals surface area (Å²) >= 11 is 5.85. The van der Waals surface area contributed by atoms with Crippen molar-refractivity contribution < 1.29 is 21.9 Å². The van der Waals surface area contributed by atoms with E-state index in [1.54, 1.807) is 12.4 Å². The molecule has 34 heavy (non-hydrogen) atoms. The summed E-state index contributed by atoms with van der Waals surface area (Å²) in [5.74, 6) is -0.452. The number of anilines is 1. The molecule has 1 aromatic heterocycles. The lowest BCUT2D eigenvalue weighted by Crippen LogP contribution is -2.29. The maximum atomic E-state index is 14.8. The van der Waals surface area contributed by atoms with Crippen LogP contribution in [0.4, 0.5) is 14.7 Å². The number of aromatic nitrogens is 2. The third-order valence-electron chi connectivity index (χ3n) is 6.61. The number of benzene rings is 2. The van der Waals surface area contributed by atoms with E-state index in [1.165, 1.54) is 36.4 Å². The van der Waals surface area contributed by atoms with Crippen molar-refractivity contribution in [3.05, 3.63) is 65.4 Å². The van der Waals surface area contributed by atoms with E-state index in [0.29, 0.717) is 33.9 Å². The van der Waals surface area contributed by atoms with E-state index in [-0.39, 0.29) is 16.9 Å². The number of halogens is 3. The average molecular weight is 506 g/mol. The van der Waals surface area contributed by atoms with E-state index in [0.717, 1.165) is 19.3 Å². The number of sulfone groups is 1. The summed E-state index contributed by atoms with van der Waals surface area (Å²) in [4.78, 5) is 10.7. The monoisotopic (exact) mass is 505 g/mol. The quantitative estimate of drug-likeness (QED) is 0.486. The van der Waals surface area contributed by atoms with Crippen LogP contribution in [-0.4, -0.2) is 43.8 Å². The molecule has 1 saturated heterocycles. The Morgan fingerprint density at radius 3 is 2.12 bits per heavy atom. The second-order valence-electron chi connectivity index (χ2n) is 8.90. The van der Waals surface area contributed by atoms with Crippen molar-refractivity contribution in [1.29, 1.82) is 0 Å². The van der Waals surface area contributed by atoms with Gasteiger partial charge in [-0.25, -0.2) is 27.2 Å². The number of hydrogen-bond donors (Lipinski definition) is 0. The SMILES string of the molecule is C[C@@H](Oc1c(F)cc(-c2ccc(S(C)(=O)=O)cc2)cc1F)C1[C@H]2CN(c3ncc(Cl)cn3)C[C@@H]12. The third-order valence-corrected chi connectivity index (χ3v) is 7.93. The van der Waals surface area contributed by atoms with Crippen LogP contribution in [0.3, 0.4) is 0 Å². The molecule has 1 unspecified atom stereocenters. The number of rotatable bonds is 6. The zero-order valence-electron chi connectivity index (χ0n) is 18.5. The molecule has 1 aliphatic heterocycles. The Morgan fingerprint density at radius 2 is 1.59 bits per heavy atom. The Bertz CT molecular complexity index is 1300. The molecule has 2 fully saturated rings. The molecule has 0 radical (unpaired) electrons. The van der Waals surface area contributed by atoms with Crippen LogP contribution < -0.4 is 9.64 Å². The molecular formula is C24H22ClF2N3O3S. The number of fused-ring (bicyclic) bond motifs is 1. The minimum Gasteiger partial charge on any atom is -0.484 e. The summed E-state index contributed by atoms with van der Waals surface area (Å²) in [6.07, 6.45) is 3.87. The van der Waals surface area contributed by atoms with Crippen molar-refractivity contribution >= 4 is 27.4 Å². The number of hydrogen-bond acceptors (Lipinski definition) is 6. The van der Waals surface area contributed by atoms with Gasteiger partial charge in [0.2, 0.25) is 5.95 Å². The first kappa shape index (κ1) is 23.0. The molecule has 1 saturated carbocycles. The molecule has 2 aromatic carbocycles. The molecule has 2 aliphatic rings. The molecule has 0 spiro atoms. The van der Waals surface area contributed by atoms with Gasteiger partial charge in [-0.2, -0.15) is 0 Å². The van der Waals surface area contributed by atoms with E-state index in [2.05, 4.69) is 14.9 Å². The van der Waals surface area contributed by atoms with Gasteiger partial charge in [0, 0.05) is 25.3 Å². The first-order valence-electron chi connectivity index (χ1n) is 10.8. The van der Waals surface area contributed by atoms with Gasteiger partial charge in [-0.05, 0) is 54.2 Å². The van der Waals surface area contributed by atoms with Crippen molar-refractivity contribution in [2.75, 3.05) is 24.2 Å². The average Bonchev–Trinajstić information content (AvgIpc) is 3.29. The lowest BCUT2D eigenvalue weighted by Gasteiger charge is -2.23. The lowest BCUT2D eigenvalue weighted by molar-refractivity contribution is 0.167. The summed E-state index contributed by atoms with van der Waals surface area (Å²) in [6, 6.07) is 8.28. The highest BCUT2D eigenvalue weighted by Gasteiger charge is 2.59. The molecule has 6 nitrogen and oxygen atoms in total. The number of nitrogens with zero attached hydrogens (tertiary/aromatic N) is 3. The fourth-order valence-electron chi connectivity index (χ4n) is 4.90. The highest BCUT2D eigenvalue weighted by Crippen LogP contribution is 2.54. The molecule has 5 rings (SSSR count). The van der Waals surface area contributed by atoms with Gasteiger partial charge in [0.25, 0.3) is 0 Å². The summed E-state index contributed by atoms with van der Waals surface area (Å²) in [5.41, 5.74) is 0.808. The zero-order valence-corrected chi connectivity index (χ0v) is 20.0. The van der Waals surface area contributed by atoms with Crippen LogP contribution in [0.15, 0.2) is 53.7 Å². The second-order valence-corrected chi connectivity index (χ2v) is 11.4. The zero-order chi connectivity index (χ0) is 24.2. The van der Waals surface area contributed by atoms with Crippen molar-refractivity contribution in [3.8, 4) is 16.9 Å². The Kier molecular flexibility index (Phi) is 5.72. The van der Waals surface area contributed by atoms with Crippen LogP contribution in [0, 0.1) is 29.4 Å². The first-order chi connectivity index (χ1) is 16.1. The molecule has 2 heterocycles. The molecule has 0 bridgehead atoms. The predicted octanol–water partition coefficient (Wildman–Crippen LogP) is 4.63. The minimum atomic E-state index is -3.35. The van der Waals surface area contributed by atoms with Gasteiger partial charge in [-0.3, -0.25) is 0 Å². The molecule has 10 heteroatoms. The highest BCUT2D eigenvalue weighted by atomic mass is 35.5. The Hall–Kier alpha value is -2.78. The lowest BCUT2D eigenvalue weighted by atomic mass is 10.1. The van der Waals surface area contributed by atoms with Gasteiger partial charge in [-0.1, -0.05) is 23.7 Å². The third kappa shape index (κ3) is 4.34. The Morgan fingerprint density at radius 1 is 1.03 bits per heavy atom. The van der Waals surface area contributed by atoms with Crippen molar-refractivity contribution in [3.63, 3.8) is 0 Å². The number of piperidine rings is 1. The van der Waals surface area contributed by atoms with Crippen molar-refractivity contribution in [2.24, 2.45) is 17.8 Å². The van der Waals surface area contributed by atoms with E-state index in [9.17, 15) is 17.2 Å². The van der Waals surface area contributed by atoms with Crippen LogP contribution in [0.25, 0.3) is 11.1 Å². The van der Waals surface area contributed by atoms with E-state index >= 15 is 0 Å². The Balaban J connectivity index is 1.25. The van der Waals surface area contributed by atoms with Gasteiger partial charge in [0.1, 0.15) is 0 Å². The van der Waals surface area contributed by atoms with Gasteiger partial charge in [0.05, 0.1) is 28.4 Å². The summed E-state index contributed by atoms with van der Waals surface area (Å²) in [5, 5.41) is 0.481. The van der Waals surface area contributed by atoms with E-state index in [1.807, 2.05) is 6.92 Å². The van der Waals surface area contributed by atoms with E-state index < -0.39 is 27.2 Å². The fourth-order valence-corrected chi connectivity index (χ4v) is 5.63. The van der Waals surface area contributed by atoms with Gasteiger partial charge >= 0.3 is 0 Å². The van der Waals surface area contributed by atoms with Gasteiger partial charge < -0.3 is 9.64 Å². The summed E-state index contributed by atoms with van der Waals surface area (Å²) in [6.45, 7) is 3.36. The largest absolute Gasteiger partial charge is 0.484 e. The van der Waals surface area contributed by atoms with Crippen LogP contribution in [0.2, 0.25) is 5.02 Å². The highest BCUT2D eigenvalue weighted by molar-refractivity contribution is 7.90. The van der Waals surface area contributed by atoms with E-state index in [4.69, 9.17) is 16.3 Å². The molecule has 1 aliphatic carbocycles. The van der Waals surface area contributed by atoms with Crippen molar-refractivity contribution in [2.45, 2.75) is 17.9 Å². The first-order valence-corrected chi connectivity index (χ1v) is 13.1. The molecular weight excluding hydrogens is 484 g/mol. The predicted molar refractivity (Wildman–Crippen MR) is 125 cm³/mol. The Labute approximate surface area is 201 Å². The van der Waals surface area contributed by atoms with Gasteiger partial charge in [0.15, 0.2) is 27.2 Å². The summed E-state index contributed by atoms with van der Waals surface area (Å²) < 4.78 is 58.6. The van der Waals surface area contributed by atoms with Crippen LogP contribution >= 0.6 is 11.6 Å². The molecule has 3 aromatic rings. The smallest absolute Gasteiger partial charge is 0.225 e. The fraction of sp³-hybridized carbons (Fsp3) is 0.333. The second kappa shape index (κ2) is 8.46. The normalized spacial score (nSPS) is 22.4. The van der Waals surface area contributed by atoms with Crippen LogP contribution in [-0.2, 0) is 9.84 Å². The standard InChI is InChI=1S/C24H22ClF2N3O3S/c1-13(22-18-11-30(12-19(18)22)24-28-9-16(25)10-29-24)33-23-20(26)7-15(8-21(23)27)14-3-5-17(6-4-14)34(2,31)32/h3-10,13,18-19,22H,11-12H2,1-2H3/t13-,18-,19+,22?/m1/s1.